The van der Waals surface area contributed by atoms with Gasteiger partial charge in [-0.1, -0.05) is 30.3 Å². The van der Waals surface area contributed by atoms with Crippen LogP contribution in [0.1, 0.15) is 12.5 Å². The maximum atomic E-state index is 12.4. The summed E-state index contributed by atoms with van der Waals surface area (Å²) in [5.41, 5.74) is 2.21. The van der Waals surface area contributed by atoms with E-state index >= 15 is 0 Å². The Morgan fingerprint density at radius 3 is 2.52 bits per heavy atom. The Labute approximate surface area is 144 Å². The first-order valence-corrected chi connectivity index (χ1v) is 7.88. The summed E-state index contributed by atoms with van der Waals surface area (Å²) in [6.45, 7) is 3.48. The maximum absolute atomic E-state index is 12.4. The van der Waals surface area contributed by atoms with Crippen molar-refractivity contribution in [2.45, 2.75) is 20.0 Å². The second kappa shape index (κ2) is 6.81. The van der Waals surface area contributed by atoms with Crippen LogP contribution in [0.25, 0.3) is 22.1 Å². The number of ether oxygens (including phenoxy) is 2. The zero-order chi connectivity index (χ0) is 18.0. The van der Waals surface area contributed by atoms with Crippen molar-refractivity contribution >= 4 is 16.9 Å². The Bertz CT molecular complexity index is 973. The van der Waals surface area contributed by atoms with Crippen LogP contribution in [0.3, 0.4) is 0 Å². The van der Waals surface area contributed by atoms with Gasteiger partial charge >= 0.3 is 11.6 Å². The highest BCUT2D eigenvalue weighted by molar-refractivity contribution is 5.87. The largest absolute Gasteiger partial charge is 0.479 e. The Kier molecular flexibility index (Phi) is 4.57. The third-order valence-electron chi connectivity index (χ3n) is 4.05. The number of carbonyl (C=O) groups excluding carboxylic acids is 1. The van der Waals surface area contributed by atoms with Crippen molar-refractivity contribution in [2.24, 2.45) is 0 Å². The Balaban J connectivity index is 2.10. The fraction of sp³-hybridized carbons (Fsp3) is 0.200. The van der Waals surface area contributed by atoms with Crippen LogP contribution in [-0.4, -0.2) is 19.2 Å². The molecule has 1 heterocycles. The molecule has 1 atom stereocenters. The highest BCUT2D eigenvalue weighted by Crippen LogP contribution is 2.29. The molecule has 5 heteroatoms. The number of aryl methyl sites for hydroxylation is 1. The molecule has 3 rings (SSSR count). The van der Waals surface area contributed by atoms with Crippen LogP contribution in [0.2, 0.25) is 0 Å². The van der Waals surface area contributed by atoms with E-state index in [9.17, 15) is 9.59 Å². The van der Waals surface area contributed by atoms with Crippen molar-refractivity contribution in [2.75, 3.05) is 7.11 Å². The fourth-order valence-corrected chi connectivity index (χ4v) is 2.76. The summed E-state index contributed by atoms with van der Waals surface area (Å²) < 4.78 is 15.7. The lowest BCUT2D eigenvalue weighted by atomic mass is 9.99. The van der Waals surface area contributed by atoms with Crippen molar-refractivity contribution in [3.8, 4) is 16.9 Å². The molecule has 3 aromatic rings. The standard InChI is InChI=1S/C20H18O5/c1-12-16-11-15(24-13(2)19(21)23-3)9-10-17(16)25-20(22)18(12)14-7-5-4-6-8-14/h4-11,13H,1-3H3/t13-/m0/s1. The molecule has 0 unspecified atom stereocenters. The average molecular weight is 338 g/mol. The molecule has 0 N–H and O–H groups in total. The fourth-order valence-electron chi connectivity index (χ4n) is 2.76. The molecule has 0 radical (unpaired) electrons. The minimum atomic E-state index is -0.730. The summed E-state index contributed by atoms with van der Waals surface area (Å²) in [6, 6.07) is 14.5. The van der Waals surface area contributed by atoms with E-state index in [1.807, 2.05) is 37.3 Å². The average Bonchev–Trinajstić information content (AvgIpc) is 2.62. The molecule has 0 aliphatic rings. The molecular weight excluding hydrogens is 320 g/mol. The van der Waals surface area contributed by atoms with Gasteiger partial charge < -0.3 is 13.9 Å². The number of hydrogen-bond donors (Lipinski definition) is 0. The second-order valence-electron chi connectivity index (χ2n) is 5.70. The SMILES string of the molecule is COC(=O)[C@H](C)Oc1ccc2oc(=O)c(-c3ccccc3)c(C)c2c1. The Morgan fingerprint density at radius 2 is 1.84 bits per heavy atom. The van der Waals surface area contributed by atoms with E-state index in [0.717, 1.165) is 16.5 Å². The van der Waals surface area contributed by atoms with E-state index < -0.39 is 12.1 Å². The Hall–Kier alpha value is -3.08. The molecular formula is C20H18O5. The third-order valence-corrected chi connectivity index (χ3v) is 4.05. The van der Waals surface area contributed by atoms with Crippen LogP contribution in [0.5, 0.6) is 5.75 Å². The normalized spacial score (nSPS) is 12.0. The van der Waals surface area contributed by atoms with E-state index in [0.29, 0.717) is 16.9 Å². The number of esters is 1. The van der Waals surface area contributed by atoms with Gasteiger partial charge in [-0.3, -0.25) is 0 Å². The van der Waals surface area contributed by atoms with Crippen LogP contribution >= 0.6 is 0 Å². The van der Waals surface area contributed by atoms with Crippen molar-refractivity contribution in [3.05, 3.63) is 64.5 Å². The van der Waals surface area contributed by atoms with E-state index in [4.69, 9.17) is 9.15 Å². The van der Waals surface area contributed by atoms with E-state index in [2.05, 4.69) is 4.74 Å². The number of hydrogen-bond acceptors (Lipinski definition) is 5. The molecule has 0 bridgehead atoms. The minimum Gasteiger partial charge on any atom is -0.479 e. The van der Waals surface area contributed by atoms with Crippen LogP contribution in [0, 0.1) is 6.92 Å². The first-order chi connectivity index (χ1) is 12.0. The lowest BCUT2D eigenvalue weighted by Gasteiger charge is -2.14. The van der Waals surface area contributed by atoms with Gasteiger partial charge in [0, 0.05) is 5.39 Å². The summed E-state index contributed by atoms with van der Waals surface area (Å²) in [5, 5.41) is 0.757. The van der Waals surface area contributed by atoms with Gasteiger partial charge in [-0.25, -0.2) is 9.59 Å². The smallest absolute Gasteiger partial charge is 0.346 e. The summed E-state index contributed by atoms with van der Waals surface area (Å²) in [5.74, 6) is 0.0442. The van der Waals surface area contributed by atoms with Crippen LogP contribution < -0.4 is 10.4 Å². The van der Waals surface area contributed by atoms with Crippen molar-refractivity contribution < 1.29 is 18.7 Å². The quantitative estimate of drug-likeness (QED) is 0.536. The van der Waals surface area contributed by atoms with Gasteiger partial charge in [-0.05, 0) is 43.2 Å². The molecule has 0 saturated carbocycles. The number of carbonyl (C=O) groups is 1. The second-order valence-corrected chi connectivity index (χ2v) is 5.70. The van der Waals surface area contributed by atoms with Crippen LogP contribution in [-0.2, 0) is 9.53 Å². The van der Waals surface area contributed by atoms with E-state index in [1.165, 1.54) is 7.11 Å². The lowest BCUT2D eigenvalue weighted by molar-refractivity contribution is -0.147. The first-order valence-electron chi connectivity index (χ1n) is 7.88. The topological polar surface area (TPSA) is 65.7 Å². The summed E-state index contributed by atoms with van der Waals surface area (Å²) in [4.78, 5) is 23.9. The molecule has 0 fully saturated rings. The van der Waals surface area contributed by atoms with Crippen molar-refractivity contribution in [1.82, 2.24) is 0 Å². The van der Waals surface area contributed by atoms with Gasteiger partial charge in [0.05, 0.1) is 12.7 Å². The van der Waals surface area contributed by atoms with E-state index in [-0.39, 0.29) is 5.63 Å². The highest BCUT2D eigenvalue weighted by atomic mass is 16.6. The first kappa shape index (κ1) is 16.8. The summed E-state index contributed by atoms with van der Waals surface area (Å²) in [6.07, 6.45) is -0.730. The third kappa shape index (κ3) is 3.26. The predicted molar refractivity (Wildman–Crippen MR) is 94.8 cm³/mol. The maximum Gasteiger partial charge on any atom is 0.346 e. The van der Waals surface area contributed by atoms with Gasteiger partial charge in [-0.15, -0.1) is 0 Å². The number of benzene rings is 2. The van der Waals surface area contributed by atoms with Gasteiger partial charge in [0.15, 0.2) is 6.10 Å². The zero-order valence-electron chi connectivity index (χ0n) is 14.2. The molecule has 2 aromatic carbocycles. The summed E-state index contributed by atoms with van der Waals surface area (Å²) in [7, 11) is 1.31. The molecule has 128 valence electrons. The van der Waals surface area contributed by atoms with Crippen molar-refractivity contribution in [1.29, 1.82) is 0 Å². The summed E-state index contributed by atoms with van der Waals surface area (Å²) >= 11 is 0. The van der Waals surface area contributed by atoms with Gasteiger partial charge in [0.1, 0.15) is 11.3 Å². The molecule has 25 heavy (non-hydrogen) atoms. The number of rotatable bonds is 4. The van der Waals surface area contributed by atoms with Gasteiger partial charge in [0.2, 0.25) is 0 Å². The molecule has 0 spiro atoms. The minimum absolute atomic E-state index is 0.382. The Morgan fingerprint density at radius 1 is 1.12 bits per heavy atom. The van der Waals surface area contributed by atoms with Crippen LogP contribution in [0.15, 0.2) is 57.7 Å². The number of fused-ring (bicyclic) bond motifs is 1. The van der Waals surface area contributed by atoms with E-state index in [1.54, 1.807) is 25.1 Å². The molecule has 0 amide bonds. The van der Waals surface area contributed by atoms with Gasteiger partial charge in [-0.2, -0.15) is 0 Å². The number of methoxy groups -OCH3 is 1. The molecule has 0 saturated heterocycles. The lowest BCUT2D eigenvalue weighted by Crippen LogP contribution is -2.24. The predicted octanol–water partition coefficient (Wildman–Crippen LogP) is 3.71. The molecule has 0 aliphatic heterocycles. The zero-order valence-corrected chi connectivity index (χ0v) is 14.2. The van der Waals surface area contributed by atoms with Crippen molar-refractivity contribution in [3.63, 3.8) is 0 Å². The highest BCUT2D eigenvalue weighted by Gasteiger charge is 2.17. The van der Waals surface area contributed by atoms with Gasteiger partial charge in [0.25, 0.3) is 0 Å². The molecule has 5 nitrogen and oxygen atoms in total. The molecule has 0 aliphatic carbocycles. The molecule has 1 aromatic heterocycles. The van der Waals surface area contributed by atoms with Crippen LogP contribution in [0.4, 0.5) is 0 Å². The monoisotopic (exact) mass is 338 g/mol.